The molecule has 5 heterocycles. The zero-order valence-corrected chi connectivity index (χ0v) is 19.8. The van der Waals surface area contributed by atoms with Gasteiger partial charge in [-0.25, -0.2) is 0 Å². The number of benzene rings is 1. The number of thiophene rings is 1. The zero-order chi connectivity index (χ0) is 22.2. The van der Waals surface area contributed by atoms with Gasteiger partial charge in [-0.2, -0.15) is 0 Å². The Morgan fingerprint density at radius 1 is 1.24 bits per heavy atom. The molecule has 0 aliphatic carbocycles. The van der Waals surface area contributed by atoms with Gasteiger partial charge in [0.15, 0.2) is 11.0 Å². The number of nitrogens with one attached hydrogen (secondary N) is 1. The quantitative estimate of drug-likeness (QED) is 0.416. The second-order valence-corrected chi connectivity index (χ2v) is 10.4. The van der Waals surface area contributed by atoms with Gasteiger partial charge in [0.05, 0.1) is 23.3 Å². The van der Waals surface area contributed by atoms with Gasteiger partial charge in [-0.3, -0.25) is 9.36 Å². The fourth-order valence-electron chi connectivity index (χ4n) is 4.74. The molecule has 6 rings (SSSR count). The summed E-state index contributed by atoms with van der Waals surface area (Å²) in [6.45, 7) is 2.93. The Hall–Kier alpha value is -2.62. The lowest BCUT2D eigenvalue weighted by Gasteiger charge is -2.27. The molecule has 1 N–H and O–H groups in total. The van der Waals surface area contributed by atoms with Crippen LogP contribution >= 0.6 is 23.1 Å². The average Bonchev–Trinajstić information content (AvgIpc) is 3.64. The summed E-state index contributed by atoms with van der Waals surface area (Å²) < 4.78 is 8.01. The first-order valence-corrected chi connectivity index (χ1v) is 13.2. The van der Waals surface area contributed by atoms with Crippen molar-refractivity contribution >= 4 is 39.9 Å². The van der Waals surface area contributed by atoms with Crippen LogP contribution in [-0.4, -0.2) is 55.6 Å². The monoisotopic (exact) mass is 479 g/mol. The number of rotatable bonds is 6. The summed E-state index contributed by atoms with van der Waals surface area (Å²) in [4.78, 5) is 19.7. The molecule has 4 aromatic rings. The van der Waals surface area contributed by atoms with Crippen molar-refractivity contribution in [1.82, 2.24) is 24.6 Å². The van der Waals surface area contributed by atoms with Gasteiger partial charge in [-0.05, 0) is 30.4 Å². The molecule has 170 valence electrons. The highest BCUT2D eigenvalue weighted by molar-refractivity contribution is 7.99. The Balaban J connectivity index is 1.18. The smallest absolute Gasteiger partial charge is 0.233 e. The molecular formula is C24H25N5O2S2. The number of hydrogen-bond donors (Lipinski definition) is 1. The van der Waals surface area contributed by atoms with E-state index in [9.17, 15) is 4.79 Å². The van der Waals surface area contributed by atoms with Crippen LogP contribution in [0.2, 0.25) is 0 Å². The van der Waals surface area contributed by atoms with Crippen molar-refractivity contribution in [3.63, 3.8) is 0 Å². The zero-order valence-electron chi connectivity index (χ0n) is 18.2. The lowest BCUT2D eigenvalue weighted by molar-refractivity contribution is -0.129. The third kappa shape index (κ3) is 4.09. The molecule has 0 radical (unpaired) electrons. The molecule has 1 saturated heterocycles. The summed E-state index contributed by atoms with van der Waals surface area (Å²) in [7, 11) is 0. The minimum absolute atomic E-state index is 0.139. The number of aromatic amines is 1. The van der Waals surface area contributed by atoms with Crippen LogP contribution in [0.1, 0.15) is 24.1 Å². The Labute approximate surface area is 200 Å². The standard InChI is InChI=1S/C24H25N5O2S2/c30-22(28-10-9-20-18(14-28)17-6-1-2-7-19(17)25-20)15-33-24-27-26-23(21-8-4-12-32-21)29(24)13-16-5-3-11-31-16/h1-2,4,6-8,12,16,25H,3,5,9-11,13-15H2. The van der Waals surface area contributed by atoms with Crippen LogP contribution in [0.25, 0.3) is 21.6 Å². The number of thioether (sulfide) groups is 1. The van der Waals surface area contributed by atoms with E-state index in [0.29, 0.717) is 12.3 Å². The van der Waals surface area contributed by atoms with E-state index >= 15 is 0 Å². The maximum Gasteiger partial charge on any atom is 0.233 e. The van der Waals surface area contributed by atoms with Crippen LogP contribution in [0.5, 0.6) is 0 Å². The van der Waals surface area contributed by atoms with Gasteiger partial charge in [-0.1, -0.05) is 36.0 Å². The van der Waals surface area contributed by atoms with Crippen molar-refractivity contribution in [2.75, 3.05) is 18.9 Å². The molecule has 1 unspecified atom stereocenters. The van der Waals surface area contributed by atoms with Crippen molar-refractivity contribution in [3.8, 4) is 10.7 Å². The average molecular weight is 480 g/mol. The van der Waals surface area contributed by atoms with Gasteiger partial charge in [0.2, 0.25) is 5.91 Å². The molecule has 7 nitrogen and oxygen atoms in total. The van der Waals surface area contributed by atoms with Crippen molar-refractivity contribution in [2.24, 2.45) is 0 Å². The number of para-hydroxylation sites is 1. The van der Waals surface area contributed by atoms with E-state index in [2.05, 4.69) is 44.0 Å². The number of H-pyrrole nitrogens is 1. The van der Waals surface area contributed by atoms with Crippen molar-refractivity contribution in [3.05, 3.63) is 53.0 Å². The molecule has 9 heteroatoms. The summed E-state index contributed by atoms with van der Waals surface area (Å²) in [5, 5.41) is 13.0. The fourth-order valence-corrected chi connectivity index (χ4v) is 6.30. The molecule has 3 aromatic heterocycles. The highest BCUT2D eigenvalue weighted by Gasteiger charge is 2.26. The van der Waals surface area contributed by atoms with Gasteiger partial charge < -0.3 is 14.6 Å². The normalized spacial score (nSPS) is 18.2. The number of carbonyl (C=O) groups is 1. The topological polar surface area (TPSA) is 76.0 Å². The van der Waals surface area contributed by atoms with E-state index in [-0.39, 0.29) is 12.0 Å². The number of hydrogen-bond acceptors (Lipinski definition) is 6. The summed E-state index contributed by atoms with van der Waals surface area (Å²) in [6.07, 6.45) is 3.17. The number of amides is 1. The Morgan fingerprint density at radius 3 is 3.03 bits per heavy atom. The lowest BCUT2D eigenvalue weighted by Crippen LogP contribution is -2.37. The lowest BCUT2D eigenvalue weighted by atomic mass is 10.0. The van der Waals surface area contributed by atoms with Crippen LogP contribution in [0.4, 0.5) is 0 Å². The Morgan fingerprint density at radius 2 is 2.18 bits per heavy atom. The summed E-state index contributed by atoms with van der Waals surface area (Å²) in [5.41, 5.74) is 3.65. The molecule has 0 spiro atoms. The summed E-state index contributed by atoms with van der Waals surface area (Å²) >= 11 is 3.13. The molecule has 1 fully saturated rings. The van der Waals surface area contributed by atoms with Crippen LogP contribution < -0.4 is 0 Å². The van der Waals surface area contributed by atoms with Gasteiger partial charge >= 0.3 is 0 Å². The molecule has 0 bridgehead atoms. The van der Waals surface area contributed by atoms with Crippen LogP contribution in [0.3, 0.4) is 0 Å². The molecule has 2 aliphatic rings. The molecule has 1 aromatic carbocycles. The SMILES string of the molecule is O=C(CSc1nnc(-c2cccs2)n1CC1CCCO1)N1CCc2[nH]c3ccccc3c2C1. The predicted octanol–water partition coefficient (Wildman–Crippen LogP) is 4.34. The second-order valence-electron chi connectivity index (χ2n) is 8.51. The van der Waals surface area contributed by atoms with Crippen molar-refractivity contribution in [2.45, 2.75) is 43.6 Å². The molecular weight excluding hydrogens is 454 g/mol. The van der Waals surface area contributed by atoms with Crippen LogP contribution in [0, 0.1) is 0 Å². The Bertz CT molecular complexity index is 1270. The van der Waals surface area contributed by atoms with E-state index in [1.807, 2.05) is 22.4 Å². The summed E-state index contributed by atoms with van der Waals surface area (Å²) in [6, 6.07) is 12.4. The maximum absolute atomic E-state index is 13.1. The first-order chi connectivity index (χ1) is 16.3. The Kier molecular flexibility index (Phi) is 5.69. The number of ether oxygens (including phenoxy) is 1. The first kappa shape index (κ1) is 20.9. The number of carbonyl (C=O) groups excluding carboxylic acids is 1. The van der Waals surface area contributed by atoms with Crippen molar-refractivity contribution < 1.29 is 9.53 Å². The van der Waals surface area contributed by atoms with E-state index in [0.717, 1.165) is 60.3 Å². The summed E-state index contributed by atoms with van der Waals surface area (Å²) in [5.74, 6) is 1.35. The van der Waals surface area contributed by atoms with Crippen LogP contribution in [-0.2, 0) is 29.0 Å². The third-order valence-corrected chi connectivity index (χ3v) is 8.25. The van der Waals surface area contributed by atoms with E-state index < -0.39 is 0 Å². The fraction of sp³-hybridized carbons (Fsp3) is 0.375. The van der Waals surface area contributed by atoms with Gasteiger partial charge in [0.1, 0.15) is 0 Å². The number of fused-ring (bicyclic) bond motifs is 3. The highest BCUT2D eigenvalue weighted by Crippen LogP contribution is 2.31. The van der Waals surface area contributed by atoms with E-state index in [1.165, 1.54) is 28.4 Å². The first-order valence-electron chi connectivity index (χ1n) is 11.3. The van der Waals surface area contributed by atoms with E-state index in [1.54, 1.807) is 11.3 Å². The third-order valence-electron chi connectivity index (χ3n) is 6.43. The minimum Gasteiger partial charge on any atom is -0.376 e. The molecule has 33 heavy (non-hydrogen) atoms. The highest BCUT2D eigenvalue weighted by atomic mass is 32.2. The molecule has 1 amide bonds. The van der Waals surface area contributed by atoms with Crippen molar-refractivity contribution in [1.29, 1.82) is 0 Å². The van der Waals surface area contributed by atoms with Gasteiger partial charge in [0.25, 0.3) is 0 Å². The van der Waals surface area contributed by atoms with Gasteiger partial charge in [0, 0.05) is 48.3 Å². The maximum atomic E-state index is 13.1. The number of aromatic nitrogens is 4. The van der Waals surface area contributed by atoms with E-state index in [4.69, 9.17) is 4.74 Å². The van der Waals surface area contributed by atoms with Gasteiger partial charge in [-0.15, -0.1) is 21.5 Å². The largest absolute Gasteiger partial charge is 0.376 e. The number of nitrogens with zero attached hydrogens (tertiary/aromatic N) is 4. The molecule has 1 atom stereocenters. The minimum atomic E-state index is 0.139. The molecule has 2 aliphatic heterocycles. The molecule has 0 saturated carbocycles. The van der Waals surface area contributed by atoms with Crippen LogP contribution in [0.15, 0.2) is 46.9 Å². The second kappa shape index (κ2) is 8.96. The predicted molar refractivity (Wildman–Crippen MR) is 130 cm³/mol.